The number of carbonyl (C=O) groups excluding carboxylic acids is 2. The van der Waals surface area contributed by atoms with Gasteiger partial charge in [0, 0.05) is 16.5 Å². The number of hydrogen-bond acceptors (Lipinski definition) is 2. The molecule has 2 rings (SSSR count). The molecular weight excluding hydrogens is 324 g/mol. The first-order valence-electron chi connectivity index (χ1n) is 8.69. The SMILES string of the molecule is CC(C)(C)N(NC(=O)c1ccc(Cl)cc1)C(=O)C1CCCCCC1. The number of benzene rings is 1. The van der Waals surface area contributed by atoms with Gasteiger partial charge in [0.25, 0.3) is 5.91 Å². The van der Waals surface area contributed by atoms with Gasteiger partial charge in [-0.05, 0) is 57.9 Å². The Bertz CT molecular complexity index is 570. The number of halogens is 1. The zero-order chi connectivity index (χ0) is 17.7. The second-order valence-corrected chi connectivity index (χ2v) is 7.92. The van der Waals surface area contributed by atoms with E-state index in [2.05, 4.69) is 5.43 Å². The van der Waals surface area contributed by atoms with Crippen LogP contribution in [0.25, 0.3) is 0 Å². The van der Waals surface area contributed by atoms with Crippen molar-refractivity contribution in [2.45, 2.75) is 64.8 Å². The molecule has 0 atom stereocenters. The van der Waals surface area contributed by atoms with Crippen molar-refractivity contribution in [2.24, 2.45) is 5.92 Å². The van der Waals surface area contributed by atoms with Gasteiger partial charge in [0.05, 0.1) is 5.54 Å². The van der Waals surface area contributed by atoms with E-state index in [-0.39, 0.29) is 17.7 Å². The molecule has 0 radical (unpaired) electrons. The average Bonchev–Trinajstić information content (AvgIpc) is 2.80. The van der Waals surface area contributed by atoms with E-state index in [1.807, 2.05) is 20.8 Å². The highest BCUT2D eigenvalue weighted by Gasteiger charge is 2.33. The topological polar surface area (TPSA) is 49.4 Å². The van der Waals surface area contributed by atoms with Crippen LogP contribution in [0, 0.1) is 5.92 Å². The van der Waals surface area contributed by atoms with E-state index >= 15 is 0 Å². The van der Waals surface area contributed by atoms with Crippen LogP contribution in [0.4, 0.5) is 0 Å². The maximum atomic E-state index is 13.0. The van der Waals surface area contributed by atoms with Gasteiger partial charge in [-0.15, -0.1) is 0 Å². The maximum Gasteiger partial charge on any atom is 0.269 e. The standard InChI is InChI=1S/C19H27ClN2O2/c1-19(2,3)22(18(24)15-8-6-4-5-7-9-15)21-17(23)14-10-12-16(20)13-11-14/h10-13,15H,4-9H2,1-3H3,(H,21,23). The lowest BCUT2D eigenvalue weighted by Gasteiger charge is -2.37. The van der Waals surface area contributed by atoms with Gasteiger partial charge < -0.3 is 0 Å². The zero-order valence-corrected chi connectivity index (χ0v) is 15.5. The highest BCUT2D eigenvalue weighted by molar-refractivity contribution is 6.30. The van der Waals surface area contributed by atoms with Gasteiger partial charge in [-0.1, -0.05) is 37.3 Å². The van der Waals surface area contributed by atoms with Crippen molar-refractivity contribution in [1.29, 1.82) is 0 Å². The summed E-state index contributed by atoms with van der Waals surface area (Å²) in [5.74, 6) is -0.271. The van der Waals surface area contributed by atoms with Gasteiger partial charge >= 0.3 is 0 Å². The second kappa shape index (κ2) is 8.02. The third kappa shape index (κ3) is 4.97. The van der Waals surface area contributed by atoms with Crippen molar-refractivity contribution < 1.29 is 9.59 Å². The lowest BCUT2D eigenvalue weighted by molar-refractivity contribution is -0.144. The molecule has 0 aliphatic heterocycles. The minimum absolute atomic E-state index is 0.00255. The summed E-state index contributed by atoms with van der Waals surface area (Å²) in [5, 5.41) is 2.09. The highest BCUT2D eigenvalue weighted by Crippen LogP contribution is 2.26. The van der Waals surface area contributed by atoms with Crippen molar-refractivity contribution in [3.05, 3.63) is 34.9 Å². The summed E-state index contributed by atoms with van der Waals surface area (Å²) in [7, 11) is 0. The molecule has 24 heavy (non-hydrogen) atoms. The number of amides is 2. The molecule has 1 aromatic carbocycles. The van der Waals surface area contributed by atoms with E-state index in [4.69, 9.17) is 11.6 Å². The first-order valence-corrected chi connectivity index (χ1v) is 9.07. The van der Waals surface area contributed by atoms with Crippen molar-refractivity contribution in [1.82, 2.24) is 10.4 Å². The van der Waals surface area contributed by atoms with Crippen molar-refractivity contribution in [3.63, 3.8) is 0 Å². The van der Waals surface area contributed by atoms with Crippen molar-refractivity contribution >= 4 is 23.4 Å². The van der Waals surface area contributed by atoms with E-state index < -0.39 is 5.54 Å². The molecule has 0 spiro atoms. The predicted molar refractivity (Wildman–Crippen MR) is 96.7 cm³/mol. The fourth-order valence-electron chi connectivity index (χ4n) is 3.03. The molecule has 1 fully saturated rings. The summed E-state index contributed by atoms with van der Waals surface area (Å²) < 4.78 is 0. The molecule has 0 saturated heterocycles. The molecule has 1 aliphatic carbocycles. The van der Waals surface area contributed by atoms with Gasteiger partial charge in [-0.2, -0.15) is 0 Å². The molecule has 132 valence electrons. The summed E-state index contributed by atoms with van der Waals surface area (Å²) in [4.78, 5) is 25.5. The van der Waals surface area contributed by atoms with Gasteiger partial charge in [-0.3, -0.25) is 15.0 Å². The Morgan fingerprint density at radius 2 is 1.58 bits per heavy atom. The van der Waals surface area contributed by atoms with Gasteiger partial charge in [-0.25, -0.2) is 5.01 Å². The summed E-state index contributed by atoms with van der Waals surface area (Å²) in [5.41, 5.74) is 2.82. The monoisotopic (exact) mass is 350 g/mol. The van der Waals surface area contributed by atoms with Crippen LogP contribution in [0.1, 0.15) is 69.7 Å². The third-order valence-corrected chi connectivity index (χ3v) is 4.67. The van der Waals surface area contributed by atoms with Gasteiger partial charge in [0.15, 0.2) is 0 Å². The summed E-state index contributed by atoms with van der Waals surface area (Å²) in [6, 6.07) is 6.67. The Kier molecular flexibility index (Phi) is 6.27. The van der Waals surface area contributed by atoms with Crippen LogP contribution < -0.4 is 5.43 Å². The Morgan fingerprint density at radius 3 is 2.08 bits per heavy atom. The normalized spacial score (nSPS) is 16.3. The minimum atomic E-state index is -0.481. The smallest absolute Gasteiger partial charge is 0.269 e. The number of hydrazine groups is 1. The van der Waals surface area contributed by atoms with Crippen LogP contribution in [-0.2, 0) is 4.79 Å². The maximum absolute atomic E-state index is 13.0. The largest absolute Gasteiger partial charge is 0.273 e. The highest BCUT2D eigenvalue weighted by atomic mass is 35.5. The molecule has 2 amide bonds. The Morgan fingerprint density at radius 1 is 1.04 bits per heavy atom. The molecule has 0 bridgehead atoms. The number of nitrogens with zero attached hydrogens (tertiary/aromatic N) is 1. The van der Waals surface area contributed by atoms with Crippen molar-refractivity contribution in [3.8, 4) is 0 Å². The Hall–Kier alpha value is -1.55. The van der Waals surface area contributed by atoms with Crippen LogP contribution in [0.5, 0.6) is 0 Å². The van der Waals surface area contributed by atoms with Crippen LogP contribution in [0.2, 0.25) is 5.02 Å². The van der Waals surface area contributed by atoms with Gasteiger partial charge in [0.1, 0.15) is 0 Å². The minimum Gasteiger partial charge on any atom is -0.273 e. The first kappa shape index (κ1) is 18.8. The fraction of sp³-hybridized carbons (Fsp3) is 0.579. The molecule has 0 unspecified atom stereocenters. The average molecular weight is 351 g/mol. The number of rotatable bonds is 2. The van der Waals surface area contributed by atoms with E-state index in [0.29, 0.717) is 10.6 Å². The number of nitrogens with one attached hydrogen (secondary N) is 1. The van der Waals surface area contributed by atoms with Crippen molar-refractivity contribution in [2.75, 3.05) is 0 Å². The molecule has 1 aliphatic rings. The van der Waals surface area contributed by atoms with E-state index in [1.165, 1.54) is 17.9 Å². The quantitative estimate of drug-likeness (QED) is 0.626. The fourth-order valence-corrected chi connectivity index (χ4v) is 3.16. The van der Waals surface area contributed by atoms with Gasteiger partial charge in [0.2, 0.25) is 5.91 Å². The summed E-state index contributed by atoms with van der Waals surface area (Å²) >= 11 is 5.87. The lowest BCUT2D eigenvalue weighted by atomic mass is 9.97. The molecule has 1 saturated carbocycles. The Balaban J connectivity index is 2.14. The predicted octanol–water partition coefficient (Wildman–Crippen LogP) is 4.58. The molecular formula is C19H27ClN2O2. The van der Waals surface area contributed by atoms with E-state index in [9.17, 15) is 9.59 Å². The van der Waals surface area contributed by atoms with Crippen LogP contribution >= 0.6 is 11.6 Å². The van der Waals surface area contributed by atoms with E-state index in [0.717, 1.165) is 25.7 Å². The van der Waals surface area contributed by atoms with E-state index in [1.54, 1.807) is 24.3 Å². The molecule has 1 N–H and O–H groups in total. The van der Waals surface area contributed by atoms with Crippen LogP contribution in [-0.4, -0.2) is 22.4 Å². The van der Waals surface area contributed by atoms with Crippen LogP contribution in [0.15, 0.2) is 24.3 Å². The van der Waals surface area contributed by atoms with Crippen LogP contribution in [0.3, 0.4) is 0 Å². The summed E-state index contributed by atoms with van der Waals surface area (Å²) in [6.07, 6.45) is 6.36. The molecule has 1 aromatic rings. The molecule has 0 aromatic heterocycles. The zero-order valence-electron chi connectivity index (χ0n) is 14.8. The first-order chi connectivity index (χ1) is 11.3. The number of hydrogen-bond donors (Lipinski definition) is 1. The molecule has 5 heteroatoms. The molecule has 4 nitrogen and oxygen atoms in total. The Labute approximate surface area is 149 Å². The molecule has 0 heterocycles. The second-order valence-electron chi connectivity index (χ2n) is 7.48. The lowest BCUT2D eigenvalue weighted by Crippen LogP contribution is -2.57. The number of carbonyl (C=O) groups is 2. The summed E-state index contributed by atoms with van der Waals surface area (Å²) in [6.45, 7) is 5.80. The third-order valence-electron chi connectivity index (χ3n) is 4.42.